The van der Waals surface area contributed by atoms with Gasteiger partial charge in [0.2, 0.25) is 11.9 Å². The van der Waals surface area contributed by atoms with Gasteiger partial charge in [0.25, 0.3) is 0 Å². The summed E-state index contributed by atoms with van der Waals surface area (Å²) in [5.41, 5.74) is -0.304. The molecule has 0 bridgehead atoms. The van der Waals surface area contributed by atoms with Gasteiger partial charge in [0.1, 0.15) is 5.82 Å². The van der Waals surface area contributed by atoms with Crippen LogP contribution < -0.4 is 0 Å². The molecular formula is C13H13FO4. The normalized spacial score (nSPS) is 13.7. The molecule has 0 fully saturated rings. The predicted octanol–water partition coefficient (Wildman–Crippen LogP) is 2.05. The number of aliphatic carboxylic acids is 1. The maximum absolute atomic E-state index is 13.4. The molecule has 5 heteroatoms. The van der Waals surface area contributed by atoms with Gasteiger partial charge >= 0.3 is 5.97 Å². The van der Waals surface area contributed by atoms with Crippen LogP contribution in [0.25, 0.3) is 0 Å². The van der Waals surface area contributed by atoms with Crippen molar-refractivity contribution in [3.05, 3.63) is 48.3 Å². The van der Waals surface area contributed by atoms with Gasteiger partial charge in [0, 0.05) is 0 Å². The molecule has 1 rings (SSSR count). The molecule has 0 aliphatic rings. The van der Waals surface area contributed by atoms with Crippen LogP contribution in [0.5, 0.6) is 0 Å². The summed E-state index contributed by atoms with van der Waals surface area (Å²) in [6, 6.07) is 5.17. The number of hydrogen-bond acceptors (Lipinski definition) is 3. The Kier molecular flexibility index (Phi) is 4.74. The smallest absolute Gasteiger partial charge is 0.341 e. The fourth-order valence-electron chi connectivity index (χ4n) is 1.30. The first-order valence-electron chi connectivity index (χ1n) is 5.27. The highest BCUT2D eigenvalue weighted by Crippen LogP contribution is 2.13. The minimum Gasteiger partial charge on any atom is -0.479 e. The monoisotopic (exact) mass is 252 g/mol. The van der Waals surface area contributed by atoms with Crippen molar-refractivity contribution in [2.45, 2.75) is 19.1 Å². The van der Waals surface area contributed by atoms with Crippen molar-refractivity contribution in [2.24, 2.45) is 0 Å². The third-order valence-corrected chi connectivity index (χ3v) is 2.28. The van der Waals surface area contributed by atoms with Gasteiger partial charge in [0.15, 0.2) is 0 Å². The quantitative estimate of drug-likeness (QED) is 0.478. The number of halogens is 1. The zero-order chi connectivity index (χ0) is 13.7. The zero-order valence-electron chi connectivity index (χ0n) is 9.80. The van der Waals surface area contributed by atoms with Crippen LogP contribution in [-0.4, -0.2) is 29.1 Å². The van der Waals surface area contributed by atoms with Gasteiger partial charge in [-0.3, -0.25) is 4.79 Å². The Bertz CT molecular complexity index is 470. The molecule has 1 aromatic carbocycles. The van der Waals surface area contributed by atoms with E-state index in [0.717, 1.165) is 6.07 Å². The average Bonchev–Trinajstić information content (AvgIpc) is 2.35. The van der Waals surface area contributed by atoms with Crippen LogP contribution in [0.3, 0.4) is 0 Å². The number of ketones is 1. The Morgan fingerprint density at radius 1 is 1.44 bits per heavy atom. The highest BCUT2D eigenvalue weighted by Gasteiger charge is 2.30. The van der Waals surface area contributed by atoms with E-state index in [0.29, 0.717) is 0 Å². The summed E-state index contributed by atoms with van der Waals surface area (Å²) < 4.78 is 18.4. The molecule has 0 aliphatic heterocycles. The van der Waals surface area contributed by atoms with Crippen molar-refractivity contribution < 1.29 is 23.8 Å². The summed E-state index contributed by atoms with van der Waals surface area (Å²) in [5, 5.41) is 8.94. The molecule has 0 heterocycles. The highest BCUT2D eigenvalue weighted by molar-refractivity contribution is 6.10. The third-order valence-electron chi connectivity index (χ3n) is 2.28. The molecular weight excluding hydrogens is 239 g/mol. The number of carboxylic acid groups (broad SMARTS) is 1. The summed E-state index contributed by atoms with van der Waals surface area (Å²) in [7, 11) is 0. The Balaban J connectivity index is 3.00. The molecule has 96 valence electrons. The molecule has 0 aliphatic carbocycles. The Morgan fingerprint density at radius 2 is 2.06 bits per heavy atom. The number of carbonyl (C=O) groups is 2. The van der Waals surface area contributed by atoms with Crippen LogP contribution in [0.4, 0.5) is 4.39 Å². The lowest BCUT2D eigenvalue weighted by Gasteiger charge is -2.16. The second-order valence-corrected chi connectivity index (χ2v) is 3.64. The van der Waals surface area contributed by atoms with Gasteiger partial charge in [-0.1, -0.05) is 18.2 Å². The predicted molar refractivity (Wildman–Crippen MR) is 62.9 cm³/mol. The van der Waals surface area contributed by atoms with E-state index in [4.69, 9.17) is 9.84 Å². The molecule has 2 atom stereocenters. The zero-order valence-corrected chi connectivity index (χ0v) is 9.80. The molecule has 4 nitrogen and oxygen atoms in total. The van der Waals surface area contributed by atoms with E-state index in [-0.39, 0.29) is 5.56 Å². The van der Waals surface area contributed by atoms with E-state index in [1.165, 1.54) is 31.2 Å². The van der Waals surface area contributed by atoms with Gasteiger partial charge < -0.3 is 9.84 Å². The fraction of sp³-hybridized carbons (Fsp3) is 0.231. The van der Waals surface area contributed by atoms with Crippen LogP contribution >= 0.6 is 0 Å². The second kappa shape index (κ2) is 6.07. The van der Waals surface area contributed by atoms with Gasteiger partial charge in [0.05, 0.1) is 11.7 Å². The molecule has 0 saturated carbocycles. The maximum atomic E-state index is 13.4. The first kappa shape index (κ1) is 14.1. The molecule has 0 saturated heterocycles. The van der Waals surface area contributed by atoms with E-state index in [1.807, 2.05) is 0 Å². The average molecular weight is 252 g/mol. The van der Waals surface area contributed by atoms with Crippen LogP contribution in [0.15, 0.2) is 36.9 Å². The Morgan fingerprint density at radius 3 is 2.56 bits per heavy atom. The second-order valence-electron chi connectivity index (χ2n) is 3.64. The number of carbonyl (C=O) groups excluding carboxylic acids is 1. The van der Waals surface area contributed by atoms with Crippen molar-refractivity contribution in [3.63, 3.8) is 0 Å². The highest BCUT2D eigenvalue weighted by atomic mass is 19.1. The number of rotatable bonds is 6. The van der Waals surface area contributed by atoms with E-state index in [1.54, 1.807) is 0 Å². The number of carboxylic acids is 1. The number of ether oxygens (including phenoxy) is 1. The summed E-state index contributed by atoms with van der Waals surface area (Å²) in [6.07, 6.45) is -1.01. The molecule has 1 N–H and O–H groups in total. The van der Waals surface area contributed by atoms with E-state index in [9.17, 15) is 14.0 Å². The minimum atomic E-state index is -1.74. The summed E-state index contributed by atoms with van der Waals surface area (Å²) in [5.74, 6) is -3.16. The summed E-state index contributed by atoms with van der Waals surface area (Å²) in [4.78, 5) is 22.9. The molecule has 2 unspecified atom stereocenters. The van der Waals surface area contributed by atoms with Crippen molar-refractivity contribution in [2.75, 3.05) is 0 Å². The number of hydrogen-bond donors (Lipinski definition) is 1. The first-order chi connectivity index (χ1) is 8.47. The number of Topliss-reactive ketones (excluding diaryl/α,β-unsaturated/α-hetero) is 1. The molecule has 18 heavy (non-hydrogen) atoms. The Hall–Kier alpha value is -2.01. The lowest BCUT2D eigenvalue weighted by molar-refractivity contribution is -0.148. The minimum absolute atomic E-state index is 0.304. The van der Waals surface area contributed by atoms with Gasteiger partial charge in [-0.15, -0.1) is 6.58 Å². The van der Waals surface area contributed by atoms with Gasteiger partial charge in [-0.2, -0.15) is 0 Å². The van der Waals surface area contributed by atoms with Crippen LogP contribution in [-0.2, 0) is 9.53 Å². The summed E-state index contributed by atoms with van der Waals surface area (Å²) in [6.45, 7) is 4.96. The van der Waals surface area contributed by atoms with Gasteiger partial charge in [-0.25, -0.2) is 9.18 Å². The number of benzene rings is 1. The van der Waals surface area contributed by atoms with Crippen molar-refractivity contribution in [3.8, 4) is 0 Å². The van der Waals surface area contributed by atoms with E-state index in [2.05, 4.69) is 6.58 Å². The van der Waals surface area contributed by atoms with Crippen LogP contribution in [0, 0.1) is 5.82 Å². The first-order valence-corrected chi connectivity index (χ1v) is 5.27. The largest absolute Gasteiger partial charge is 0.479 e. The molecule has 1 aromatic rings. The van der Waals surface area contributed by atoms with Gasteiger partial charge in [-0.05, 0) is 19.1 Å². The maximum Gasteiger partial charge on any atom is 0.341 e. The van der Waals surface area contributed by atoms with E-state index < -0.39 is 29.8 Å². The topological polar surface area (TPSA) is 63.6 Å². The van der Waals surface area contributed by atoms with Crippen molar-refractivity contribution in [1.82, 2.24) is 0 Å². The molecule has 0 radical (unpaired) electrons. The molecule has 0 amide bonds. The van der Waals surface area contributed by atoms with E-state index >= 15 is 0 Å². The molecule has 0 spiro atoms. The Labute approximate surface area is 104 Å². The molecule has 0 aromatic heterocycles. The third kappa shape index (κ3) is 3.24. The lowest BCUT2D eigenvalue weighted by Crippen LogP contribution is -2.35. The van der Waals surface area contributed by atoms with Crippen molar-refractivity contribution >= 4 is 11.8 Å². The standard InChI is InChI=1S/C13H13FO4/c1-3-8(2)18-12(13(16)17)11(15)9-6-4-5-7-10(9)14/h3-8,12H,1H2,2H3,(H,16,17). The SMILES string of the molecule is C=CC(C)OC(C(=O)O)C(=O)c1ccccc1F. The van der Waals surface area contributed by atoms with Crippen LogP contribution in [0.1, 0.15) is 17.3 Å². The lowest BCUT2D eigenvalue weighted by atomic mass is 10.1. The van der Waals surface area contributed by atoms with Crippen molar-refractivity contribution in [1.29, 1.82) is 0 Å². The summed E-state index contributed by atoms with van der Waals surface area (Å²) >= 11 is 0. The fourth-order valence-corrected chi connectivity index (χ4v) is 1.30. The van der Waals surface area contributed by atoms with Crippen LogP contribution in [0.2, 0.25) is 0 Å².